The molecule has 4 aromatic rings. The molecular formula is C17H17N7OS2. The summed E-state index contributed by atoms with van der Waals surface area (Å²) in [5.74, 6) is 0. The van der Waals surface area contributed by atoms with Gasteiger partial charge in [0.25, 0.3) is 0 Å². The zero-order chi connectivity index (χ0) is 18.8. The Morgan fingerprint density at radius 2 is 2.26 bits per heavy atom. The van der Waals surface area contributed by atoms with Crippen LogP contribution in [-0.2, 0) is 20.0 Å². The molecule has 0 aromatic carbocycles. The number of fused-ring (bicyclic) bond motifs is 1. The molecule has 4 heterocycles. The van der Waals surface area contributed by atoms with Gasteiger partial charge in [-0.05, 0) is 23.7 Å². The smallest absolute Gasteiger partial charge is 0.167 e. The van der Waals surface area contributed by atoms with Crippen LogP contribution in [0.3, 0.4) is 0 Å². The van der Waals surface area contributed by atoms with Crippen LogP contribution in [0.25, 0.3) is 10.3 Å². The van der Waals surface area contributed by atoms with Crippen LogP contribution in [0.2, 0.25) is 0 Å². The SMILES string of the molecule is CN(Cc1ccns1)/N=C\c1c(C=O)n(C)c2nc(Cc3ccn[nH]3)sc12. The van der Waals surface area contributed by atoms with Gasteiger partial charge in [0.2, 0.25) is 0 Å². The van der Waals surface area contributed by atoms with Crippen molar-refractivity contribution >= 4 is 45.7 Å². The van der Waals surface area contributed by atoms with Gasteiger partial charge >= 0.3 is 0 Å². The molecule has 0 amide bonds. The molecule has 0 aliphatic rings. The highest BCUT2D eigenvalue weighted by molar-refractivity contribution is 7.19. The monoisotopic (exact) mass is 399 g/mol. The Morgan fingerprint density at radius 1 is 1.37 bits per heavy atom. The highest BCUT2D eigenvalue weighted by Gasteiger charge is 2.18. The van der Waals surface area contributed by atoms with Crippen molar-refractivity contribution in [1.82, 2.24) is 29.1 Å². The first-order valence-electron chi connectivity index (χ1n) is 8.22. The summed E-state index contributed by atoms with van der Waals surface area (Å²) in [6.45, 7) is 0.668. The molecule has 0 saturated carbocycles. The number of hydrazone groups is 1. The predicted octanol–water partition coefficient (Wildman–Crippen LogP) is 2.68. The van der Waals surface area contributed by atoms with E-state index < -0.39 is 0 Å². The van der Waals surface area contributed by atoms with Gasteiger partial charge in [0, 0.05) is 49.0 Å². The number of carbonyl (C=O) groups is 1. The maximum atomic E-state index is 11.6. The van der Waals surface area contributed by atoms with Crippen LogP contribution < -0.4 is 0 Å². The minimum absolute atomic E-state index is 0.576. The van der Waals surface area contributed by atoms with E-state index in [9.17, 15) is 4.79 Å². The highest BCUT2D eigenvalue weighted by atomic mass is 32.1. The number of rotatable bonds is 7. The number of thiazole rings is 1. The van der Waals surface area contributed by atoms with Gasteiger partial charge in [0.05, 0.1) is 23.2 Å². The van der Waals surface area contributed by atoms with Gasteiger partial charge in [-0.2, -0.15) is 10.2 Å². The fourth-order valence-corrected chi connectivity index (χ4v) is 4.56. The van der Waals surface area contributed by atoms with E-state index in [-0.39, 0.29) is 0 Å². The zero-order valence-corrected chi connectivity index (χ0v) is 16.4. The lowest BCUT2D eigenvalue weighted by Gasteiger charge is -2.10. The molecule has 0 atom stereocenters. The molecule has 8 nitrogen and oxygen atoms in total. The number of H-pyrrole nitrogens is 1. The van der Waals surface area contributed by atoms with Gasteiger partial charge in [-0.3, -0.25) is 14.9 Å². The minimum Gasteiger partial charge on any atom is -0.325 e. The van der Waals surface area contributed by atoms with E-state index in [2.05, 4.69) is 19.7 Å². The molecule has 0 aliphatic carbocycles. The number of aromatic amines is 1. The average Bonchev–Trinajstić information content (AvgIpc) is 3.42. The summed E-state index contributed by atoms with van der Waals surface area (Å²) in [7, 11) is 3.75. The molecule has 0 aliphatic heterocycles. The first-order chi connectivity index (χ1) is 13.2. The van der Waals surface area contributed by atoms with Gasteiger partial charge < -0.3 is 4.57 Å². The van der Waals surface area contributed by atoms with Crippen molar-refractivity contribution in [2.75, 3.05) is 7.05 Å². The molecule has 4 rings (SSSR count). The van der Waals surface area contributed by atoms with Gasteiger partial charge in [0.1, 0.15) is 5.01 Å². The number of carbonyl (C=O) groups excluding carboxylic acids is 1. The molecule has 0 saturated heterocycles. The van der Waals surface area contributed by atoms with Crippen LogP contribution in [0, 0.1) is 0 Å². The number of aldehydes is 1. The van der Waals surface area contributed by atoms with Crippen LogP contribution in [0.5, 0.6) is 0 Å². The van der Waals surface area contributed by atoms with E-state index in [4.69, 9.17) is 4.98 Å². The molecular weight excluding hydrogens is 382 g/mol. The lowest BCUT2D eigenvalue weighted by molar-refractivity contribution is 0.111. The van der Waals surface area contributed by atoms with Crippen LogP contribution in [0.15, 0.2) is 29.6 Å². The van der Waals surface area contributed by atoms with Crippen molar-refractivity contribution in [3.05, 3.63) is 51.4 Å². The van der Waals surface area contributed by atoms with Crippen LogP contribution in [0.4, 0.5) is 0 Å². The van der Waals surface area contributed by atoms with E-state index in [0.717, 1.165) is 37.8 Å². The van der Waals surface area contributed by atoms with Gasteiger partial charge in [-0.1, -0.05) is 0 Å². The van der Waals surface area contributed by atoms with E-state index in [0.29, 0.717) is 18.7 Å². The maximum Gasteiger partial charge on any atom is 0.167 e. The molecule has 4 aromatic heterocycles. The molecule has 0 bridgehead atoms. The summed E-state index contributed by atoms with van der Waals surface area (Å²) in [6, 6.07) is 3.90. The second-order valence-corrected chi connectivity index (χ2v) is 8.04. The number of aryl methyl sites for hydroxylation is 1. The molecule has 0 radical (unpaired) electrons. The Balaban J connectivity index is 1.64. The van der Waals surface area contributed by atoms with Gasteiger partial charge in [-0.15, -0.1) is 11.3 Å². The summed E-state index contributed by atoms with van der Waals surface area (Å²) in [6.07, 6.45) is 6.78. The third kappa shape index (κ3) is 3.53. The largest absolute Gasteiger partial charge is 0.325 e. The normalized spacial score (nSPS) is 11.6. The third-order valence-corrected chi connectivity index (χ3v) is 5.93. The average molecular weight is 400 g/mol. The van der Waals surface area contributed by atoms with Crippen molar-refractivity contribution in [2.45, 2.75) is 13.0 Å². The predicted molar refractivity (Wildman–Crippen MR) is 107 cm³/mol. The Labute approximate surface area is 163 Å². The molecule has 27 heavy (non-hydrogen) atoms. The highest BCUT2D eigenvalue weighted by Crippen LogP contribution is 2.30. The number of hydrogen-bond acceptors (Lipinski definition) is 8. The summed E-state index contributed by atoms with van der Waals surface area (Å²) in [4.78, 5) is 17.4. The van der Waals surface area contributed by atoms with Crippen LogP contribution in [-0.4, -0.2) is 48.7 Å². The maximum absolute atomic E-state index is 11.6. The van der Waals surface area contributed by atoms with Crippen molar-refractivity contribution < 1.29 is 4.79 Å². The zero-order valence-electron chi connectivity index (χ0n) is 14.8. The molecule has 0 fully saturated rings. The fourth-order valence-electron chi connectivity index (χ4n) is 2.80. The molecule has 10 heteroatoms. The Kier molecular flexibility index (Phi) is 4.82. The van der Waals surface area contributed by atoms with Crippen molar-refractivity contribution in [3.8, 4) is 0 Å². The van der Waals surface area contributed by atoms with E-state index in [1.807, 2.05) is 35.8 Å². The quantitative estimate of drug-likeness (QED) is 0.293. The van der Waals surface area contributed by atoms with Crippen molar-refractivity contribution in [2.24, 2.45) is 12.1 Å². The number of nitrogens with one attached hydrogen (secondary N) is 1. The first-order valence-corrected chi connectivity index (χ1v) is 9.81. The lowest BCUT2D eigenvalue weighted by atomic mass is 10.3. The Morgan fingerprint density at radius 3 is 2.96 bits per heavy atom. The van der Waals surface area contributed by atoms with Crippen LogP contribution >= 0.6 is 22.9 Å². The summed E-state index contributed by atoms with van der Waals surface area (Å²) in [5, 5.41) is 14.2. The molecule has 0 spiro atoms. The lowest BCUT2D eigenvalue weighted by Crippen LogP contribution is -2.10. The Bertz CT molecular complexity index is 1080. The summed E-state index contributed by atoms with van der Waals surface area (Å²) >= 11 is 3.02. The first kappa shape index (κ1) is 17.6. The summed E-state index contributed by atoms with van der Waals surface area (Å²) < 4.78 is 6.88. The Hall–Kier alpha value is -2.85. The second-order valence-electron chi connectivity index (χ2n) is 6.03. The standard InChI is InChI=1S/C17H17N7OS2/c1-23(9-12-4-6-20-27-12)19-8-13-14(10-25)24(2)17-16(13)26-15(21-17)7-11-3-5-18-22-11/h3-6,8,10H,7,9H2,1-2H3,(H,18,22)/b19-8-. The number of hydrogen-bond donors (Lipinski definition) is 1. The molecule has 138 valence electrons. The molecule has 0 unspecified atom stereocenters. The van der Waals surface area contributed by atoms with E-state index in [1.54, 1.807) is 29.9 Å². The second kappa shape index (κ2) is 7.41. The van der Waals surface area contributed by atoms with E-state index >= 15 is 0 Å². The van der Waals surface area contributed by atoms with Crippen molar-refractivity contribution in [3.63, 3.8) is 0 Å². The van der Waals surface area contributed by atoms with Crippen LogP contribution in [0.1, 0.15) is 31.6 Å². The third-order valence-electron chi connectivity index (χ3n) is 4.12. The summed E-state index contributed by atoms with van der Waals surface area (Å²) in [5.41, 5.74) is 3.17. The fraction of sp³-hybridized carbons (Fsp3) is 0.235. The topological polar surface area (TPSA) is 92.1 Å². The van der Waals surface area contributed by atoms with Gasteiger partial charge in [-0.25, -0.2) is 9.36 Å². The van der Waals surface area contributed by atoms with Crippen molar-refractivity contribution in [1.29, 1.82) is 0 Å². The van der Waals surface area contributed by atoms with E-state index in [1.165, 1.54) is 11.5 Å². The minimum atomic E-state index is 0.576. The number of aromatic nitrogens is 5. The van der Waals surface area contributed by atoms with Gasteiger partial charge in [0.15, 0.2) is 11.9 Å². The molecule has 1 N–H and O–H groups in total. The number of nitrogens with zero attached hydrogens (tertiary/aromatic N) is 6.